The van der Waals surface area contributed by atoms with Crippen molar-refractivity contribution in [2.45, 2.75) is 13.3 Å². The van der Waals surface area contributed by atoms with E-state index >= 15 is 0 Å². The van der Waals surface area contributed by atoms with E-state index in [-0.39, 0.29) is 29.4 Å². The van der Waals surface area contributed by atoms with E-state index in [0.717, 1.165) is 15.4 Å². The number of nitrogens with zero attached hydrogens (tertiary/aromatic N) is 2. The Bertz CT molecular complexity index is 1000. The molecule has 0 atom stereocenters. The van der Waals surface area contributed by atoms with E-state index in [0.29, 0.717) is 5.69 Å². The zero-order valence-corrected chi connectivity index (χ0v) is 15.7. The minimum atomic E-state index is -0.556. The number of esters is 1. The second kappa shape index (κ2) is 7.61. The number of carbonyl (C=O) groups excluding carboxylic acids is 2. The van der Waals surface area contributed by atoms with Crippen LogP contribution in [0.25, 0.3) is 10.9 Å². The maximum absolute atomic E-state index is 12.7. The Hall–Kier alpha value is -2.80. The highest BCUT2D eigenvalue weighted by atomic mass is 79.9. The number of hydrogen-bond donors (Lipinski definition) is 0. The van der Waals surface area contributed by atoms with Gasteiger partial charge in [-0.15, -0.1) is 0 Å². The van der Waals surface area contributed by atoms with Gasteiger partial charge in [-0.25, -0.2) is 4.98 Å². The Morgan fingerprint density at radius 1 is 1.15 bits per heavy atom. The van der Waals surface area contributed by atoms with Gasteiger partial charge in [0.15, 0.2) is 17.2 Å². The fourth-order valence-corrected chi connectivity index (χ4v) is 2.90. The number of pyridine rings is 2. The first kappa shape index (κ1) is 18.0. The van der Waals surface area contributed by atoms with E-state index in [1.807, 2.05) is 24.3 Å². The molecule has 0 unspecified atom stereocenters. The van der Waals surface area contributed by atoms with Crippen LogP contribution in [0.15, 0.2) is 47.1 Å². The predicted molar refractivity (Wildman–Crippen MR) is 99.6 cm³/mol. The molecule has 0 aliphatic carbocycles. The van der Waals surface area contributed by atoms with Crippen molar-refractivity contribution in [3.8, 4) is 11.5 Å². The van der Waals surface area contributed by atoms with E-state index < -0.39 is 5.97 Å². The van der Waals surface area contributed by atoms with Crippen molar-refractivity contribution < 1.29 is 19.1 Å². The summed E-state index contributed by atoms with van der Waals surface area (Å²) in [6.45, 7) is 1.25. The van der Waals surface area contributed by atoms with Crippen LogP contribution in [0.3, 0.4) is 0 Å². The number of ether oxygens (including phenoxy) is 2. The first-order chi connectivity index (χ1) is 12.5. The van der Waals surface area contributed by atoms with Gasteiger partial charge in [0.05, 0.1) is 19.0 Å². The lowest BCUT2D eigenvalue weighted by Crippen LogP contribution is -2.13. The van der Waals surface area contributed by atoms with Crippen LogP contribution in [0, 0.1) is 0 Å². The fraction of sp³-hybridized carbons (Fsp3) is 0.158. The van der Waals surface area contributed by atoms with Crippen molar-refractivity contribution in [2.75, 3.05) is 7.11 Å². The number of benzene rings is 1. The minimum absolute atomic E-state index is 0.0252. The van der Waals surface area contributed by atoms with Crippen LogP contribution in [0.5, 0.6) is 11.5 Å². The van der Waals surface area contributed by atoms with Crippen LogP contribution >= 0.6 is 15.9 Å². The molecule has 0 aliphatic rings. The summed E-state index contributed by atoms with van der Waals surface area (Å²) in [5.74, 6) is -0.573. The molecule has 7 heteroatoms. The number of rotatable bonds is 5. The number of methoxy groups -OCH3 is 1. The smallest absolute Gasteiger partial charge is 0.308 e. The Kier molecular flexibility index (Phi) is 5.27. The topological polar surface area (TPSA) is 78.4 Å². The molecule has 3 rings (SSSR count). The molecule has 1 aromatic carbocycles. The molecular weight excluding hydrogens is 400 g/mol. The van der Waals surface area contributed by atoms with Crippen molar-refractivity contribution in [1.29, 1.82) is 0 Å². The van der Waals surface area contributed by atoms with Gasteiger partial charge in [0.1, 0.15) is 0 Å². The van der Waals surface area contributed by atoms with Crippen LogP contribution < -0.4 is 9.47 Å². The van der Waals surface area contributed by atoms with Gasteiger partial charge in [0.2, 0.25) is 5.75 Å². The zero-order chi connectivity index (χ0) is 18.7. The highest BCUT2D eigenvalue weighted by Gasteiger charge is 2.21. The zero-order valence-electron chi connectivity index (χ0n) is 14.2. The first-order valence-corrected chi connectivity index (χ1v) is 8.57. The minimum Gasteiger partial charge on any atom is -0.493 e. The summed E-state index contributed by atoms with van der Waals surface area (Å²) in [6, 6.07) is 10.9. The van der Waals surface area contributed by atoms with E-state index in [9.17, 15) is 9.59 Å². The Balaban J connectivity index is 1.93. The fourth-order valence-electron chi connectivity index (χ4n) is 2.52. The molecule has 2 aromatic heterocycles. The van der Waals surface area contributed by atoms with Crippen LogP contribution in [-0.4, -0.2) is 28.8 Å². The number of ketones is 1. The molecule has 132 valence electrons. The lowest BCUT2D eigenvalue weighted by atomic mass is 10.1. The van der Waals surface area contributed by atoms with Gasteiger partial charge < -0.3 is 9.47 Å². The predicted octanol–water partition coefficient (Wildman–Crippen LogP) is 3.75. The number of Topliss-reactive ketones (excluding diaryl/α,β-unsaturated/α-hetero) is 1. The van der Waals surface area contributed by atoms with Crippen molar-refractivity contribution >= 4 is 38.6 Å². The molecule has 0 fully saturated rings. The van der Waals surface area contributed by atoms with Crippen molar-refractivity contribution in [3.05, 3.63) is 58.5 Å². The largest absolute Gasteiger partial charge is 0.493 e. The number of aromatic nitrogens is 2. The maximum Gasteiger partial charge on any atom is 0.308 e. The molecule has 0 saturated heterocycles. The second-order valence-corrected chi connectivity index (χ2v) is 6.44. The third-order valence-electron chi connectivity index (χ3n) is 3.65. The van der Waals surface area contributed by atoms with Gasteiger partial charge in [0.25, 0.3) is 0 Å². The van der Waals surface area contributed by atoms with Gasteiger partial charge in [-0.05, 0) is 24.3 Å². The van der Waals surface area contributed by atoms with Crippen molar-refractivity contribution in [2.24, 2.45) is 0 Å². The number of carbonyl (C=O) groups is 2. The number of fused-ring (bicyclic) bond motifs is 1. The van der Waals surface area contributed by atoms with Gasteiger partial charge in [-0.1, -0.05) is 22.0 Å². The summed E-state index contributed by atoms with van der Waals surface area (Å²) in [4.78, 5) is 32.6. The monoisotopic (exact) mass is 414 g/mol. The van der Waals surface area contributed by atoms with Gasteiger partial charge in [-0.2, -0.15) is 0 Å². The average molecular weight is 415 g/mol. The quantitative estimate of drug-likeness (QED) is 0.467. The molecule has 26 heavy (non-hydrogen) atoms. The van der Waals surface area contributed by atoms with Gasteiger partial charge in [-0.3, -0.25) is 14.6 Å². The Morgan fingerprint density at radius 2 is 1.96 bits per heavy atom. The number of halogens is 1. The summed E-state index contributed by atoms with van der Waals surface area (Å²) in [7, 11) is 1.43. The molecule has 0 bridgehead atoms. The average Bonchev–Trinajstić information content (AvgIpc) is 2.61. The standard InChI is InChI=1S/C19H15BrN2O4/c1-11(23)26-19-17(25-2)7-8-21-18(19)16(24)10-14-5-3-12-9-13(20)4-6-15(12)22-14/h3-9H,10H2,1-2H3. The van der Waals surface area contributed by atoms with Crippen molar-refractivity contribution in [3.63, 3.8) is 0 Å². The van der Waals surface area contributed by atoms with Crippen LogP contribution in [0.2, 0.25) is 0 Å². The van der Waals surface area contributed by atoms with Crippen molar-refractivity contribution in [1.82, 2.24) is 9.97 Å². The molecule has 0 aliphatic heterocycles. The normalized spacial score (nSPS) is 10.6. The summed E-state index contributed by atoms with van der Waals surface area (Å²) in [5, 5.41) is 0.968. The highest BCUT2D eigenvalue weighted by Crippen LogP contribution is 2.30. The summed E-state index contributed by atoms with van der Waals surface area (Å²) in [6.07, 6.45) is 1.46. The third kappa shape index (κ3) is 3.88. The van der Waals surface area contributed by atoms with E-state index in [4.69, 9.17) is 9.47 Å². The molecular formula is C19H15BrN2O4. The summed E-state index contributed by atoms with van der Waals surface area (Å²) >= 11 is 3.42. The molecule has 0 N–H and O–H groups in total. The highest BCUT2D eigenvalue weighted by molar-refractivity contribution is 9.10. The third-order valence-corrected chi connectivity index (χ3v) is 4.14. The number of hydrogen-bond acceptors (Lipinski definition) is 6. The summed E-state index contributed by atoms with van der Waals surface area (Å²) in [5.41, 5.74) is 1.43. The van der Waals surface area contributed by atoms with E-state index in [1.165, 1.54) is 26.3 Å². The first-order valence-electron chi connectivity index (χ1n) is 7.77. The SMILES string of the molecule is COc1ccnc(C(=O)Cc2ccc3cc(Br)ccc3n2)c1OC(C)=O. The molecule has 0 amide bonds. The molecule has 2 heterocycles. The lowest BCUT2D eigenvalue weighted by molar-refractivity contribution is -0.132. The van der Waals surface area contributed by atoms with E-state index in [2.05, 4.69) is 25.9 Å². The molecule has 6 nitrogen and oxygen atoms in total. The molecule has 0 saturated carbocycles. The van der Waals surface area contributed by atoms with Crippen LogP contribution in [0.4, 0.5) is 0 Å². The summed E-state index contributed by atoms with van der Waals surface area (Å²) < 4.78 is 11.3. The molecule has 0 spiro atoms. The maximum atomic E-state index is 12.7. The molecule has 3 aromatic rings. The Labute approximate surface area is 158 Å². The second-order valence-electron chi connectivity index (χ2n) is 5.52. The van der Waals surface area contributed by atoms with Crippen LogP contribution in [0.1, 0.15) is 23.1 Å². The van der Waals surface area contributed by atoms with Crippen LogP contribution in [-0.2, 0) is 11.2 Å². The van der Waals surface area contributed by atoms with E-state index in [1.54, 1.807) is 6.07 Å². The molecule has 0 radical (unpaired) electrons. The van der Waals surface area contributed by atoms with Gasteiger partial charge in [0, 0.05) is 34.7 Å². The Morgan fingerprint density at radius 3 is 2.69 bits per heavy atom. The lowest BCUT2D eigenvalue weighted by Gasteiger charge is -2.11. The van der Waals surface area contributed by atoms with Gasteiger partial charge >= 0.3 is 5.97 Å².